The summed E-state index contributed by atoms with van der Waals surface area (Å²) in [4.78, 5) is 37.0. The zero-order valence-corrected chi connectivity index (χ0v) is 11.4. The number of nitrogens with one attached hydrogen (secondary N) is 1. The Hall–Kier alpha value is -1.75. The van der Waals surface area contributed by atoms with Gasteiger partial charge in [-0.25, -0.2) is 4.79 Å². The van der Waals surface area contributed by atoms with Crippen LogP contribution in [0, 0.1) is 0 Å². The van der Waals surface area contributed by atoms with Crippen LogP contribution in [0.3, 0.4) is 0 Å². The second-order valence-corrected chi connectivity index (χ2v) is 4.31. The number of amides is 1. The minimum Gasteiger partial charge on any atom is -0.481 e. The van der Waals surface area contributed by atoms with Gasteiger partial charge in [0, 0.05) is 6.42 Å². The first-order chi connectivity index (χ1) is 9.82. The maximum atomic E-state index is 11.5. The van der Waals surface area contributed by atoms with Crippen LogP contribution in [0.15, 0.2) is 0 Å². The van der Waals surface area contributed by atoms with Crippen LogP contribution in [0.25, 0.3) is 0 Å². The SMILES string of the molecule is O=C(O)CC(NC(=O)CCCCCCON(O)O)C(=O)O. The number of hydrogen-bond donors (Lipinski definition) is 5. The van der Waals surface area contributed by atoms with Gasteiger partial charge in [-0.3, -0.25) is 24.8 Å². The molecule has 0 aliphatic rings. The summed E-state index contributed by atoms with van der Waals surface area (Å²) in [7, 11) is 0. The third kappa shape index (κ3) is 11.8. The van der Waals surface area contributed by atoms with Crippen molar-refractivity contribution in [3.05, 3.63) is 0 Å². The Morgan fingerprint density at radius 1 is 1.05 bits per heavy atom. The van der Waals surface area contributed by atoms with Crippen LogP contribution in [0.2, 0.25) is 0 Å². The van der Waals surface area contributed by atoms with E-state index >= 15 is 0 Å². The van der Waals surface area contributed by atoms with Gasteiger partial charge in [-0.1, -0.05) is 12.8 Å². The Morgan fingerprint density at radius 3 is 2.19 bits per heavy atom. The molecule has 0 aromatic rings. The first kappa shape index (κ1) is 19.2. The average molecular weight is 308 g/mol. The van der Waals surface area contributed by atoms with Crippen LogP contribution in [-0.4, -0.2) is 56.5 Å². The maximum absolute atomic E-state index is 11.5. The molecule has 10 heteroatoms. The lowest BCUT2D eigenvalue weighted by Crippen LogP contribution is -2.42. The Kier molecular flexibility index (Phi) is 10.1. The molecule has 5 N–H and O–H groups in total. The van der Waals surface area contributed by atoms with Crippen LogP contribution >= 0.6 is 0 Å². The number of carboxylic acid groups (broad SMARTS) is 2. The van der Waals surface area contributed by atoms with Crippen LogP contribution in [0.4, 0.5) is 0 Å². The van der Waals surface area contributed by atoms with Crippen molar-refractivity contribution in [3.8, 4) is 0 Å². The summed E-state index contributed by atoms with van der Waals surface area (Å²) in [6, 6.07) is -1.43. The fourth-order valence-electron chi connectivity index (χ4n) is 1.53. The van der Waals surface area contributed by atoms with Crippen molar-refractivity contribution in [2.45, 2.75) is 44.6 Å². The lowest BCUT2D eigenvalue weighted by molar-refractivity contribution is -0.492. The predicted octanol–water partition coefficient (Wildman–Crippen LogP) is -0.00700. The molecule has 0 aliphatic heterocycles. The van der Waals surface area contributed by atoms with Gasteiger partial charge in [0.1, 0.15) is 6.04 Å². The van der Waals surface area contributed by atoms with Gasteiger partial charge < -0.3 is 15.5 Å². The molecule has 21 heavy (non-hydrogen) atoms. The third-order valence-corrected chi connectivity index (χ3v) is 2.52. The molecule has 1 amide bonds. The second-order valence-electron chi connectivity index (χ2n) is 4.31. The lowest BCUT2D eigenvalue weighted by atomic mass is 10.1. The highest BCUT2D eigenvalue weighted by Crippen LogP contribution is 2.04. The van der Waals surface area contributed by atoms with Crippen molar-refractivity contribution in [2.75, 3.05) is 6.61 Å². The van der Waals surface area contributed by atoms with Crippen molar-refractivity contribution in [3.63, 3.8) is 0 Å². The summed E-state index contributed by atoms with van der Waals surface area (Å²) in [6.45, 7) is 0.124. The summed E-state index contributed by atoms with van der Waals surface area (Å²) in [5, 5.41) is 35.5. The van der Waals surface area contributed by atoms with Crippen LogP contribution in [0.5, 0.6) is 0 Å². The van der Waals surface area contributed by atoms with Gasteiger partial charge in [-0.05, 0) is 12.8 Å². The van der Waals surface area contributed by atoms with E-state index < -0.39 is 30.3 Å². The molecule has 0 spiro atoms. The van der Waals surface area contributed by atoms with Gasteiger partial charge >= 0.3 is 11.9 Å². The summed E-state index contributed by atoms with van der Waals surface area (Å²) < 4.78 is 0. The molecule has 10 nitrogen and oxygen atoms in total. The number of carbonyl (C=O) groups excluding carboxylic acids is 1. The van der Waals surface area contributed by atoms with E-state index in [1.165, 1.54) is 0 Å². The largest absolute Gasteiger partial charge is 0.481 e. The Morgan fingerprint density at radius 2 is 1.67 bits per heavy atom. The van der Waals surface area contributed by atoms with E-state index in [1.807, 2.05) is 0 Å². The smallest absolute Gasteiger partial charge is 0.326 e. The number of unbranched alkanes of at least 4 members (excludes halogenated alkanes) is 3. The van der Waals surface area contributed by atoms with E-state index in [-0.39, 0.29) is 18.4 Å². The standard InChI is InChI=1S/C11H20N2O8/c14-9(12-8(11(17)18)7-10(15)16)5-3-1-2-4-6-21-13(19)20/h8,19-20H,1-7H2,(H,12,14)(H,15,16)(H,17,18). The zero-order chi connectivity index (χ0) is 16.3. The van der Waals surface area contributed by atoms with E-state index in [2.05, 4.69) is 10.2 Å². The summed E-state index contributed by atoms with van der Waals surface area (Å²) in [5.74, 6) is -3.21. The molecular formula is C11H20N2O8. The topological polar surface area (TPSA) is 157 Å². The molecule has 0 fully saturated rings. The van der Waals surface area contributed by atoms with Gasteiger partial charge in [0.25, 0.3) is 0 Å². The molecule has 0 saturated carbocycles. The first-order valence-electron chi connectivity index (χ1n) is 6.37. The van der Waals surface area contributed by atoms with Crippen LogP contribution in [0.1, 0.15) is 38.5 Å². The van der Waals surface area contributed by atoms with Crippen LogP contribution in [-0.2, 0) is 19.2 Å². The molecule has 0 heterocycles. The zero-order valence-electron chi connectivity index (χ0n) is 11.4. The number of nitrogens with zero attached hydrogens (tertiary/aromatic N) is 1. The highest BCUT2D eigenvalue weighted by molar-refractivity contribution is 5.86. The molecule has 0 aromatic carbocycles. The number of aliphatic carboxylic acids is 2. The number of carboxylic acids is 2. The van der Waals surface area contributed by atoms with Gasteiger partial charge in [-0.15, -0.1) is 0 Å². The fourth-order valence-corrected chi connectivity index (χ4v) is 1.53. The molecule has 0 aliphatic carbocycles. The number of hydrogen-bond acceptors (Lipinski definition) is 7. The van der Waals surface area contributed by atoms with Crippen molar-refractivity contribution < 1.29 is 39.8 Å². The number of carbonyl (C=O) groups is 3. The normalized spacial score (nSPS) is 12.1. The minimum absolute atomic E-state index is 0.0936. The Bertz CT molecular complexity index is 347. The van der Waals surface area contributed by atoms with E-state index in [0.717, 1.165) is 0 Å². The molecule has 0 saturated heterocycles. The molecule has 122 valence electrons. The summed E-state index contributed by atoms with van der Waals surface area (Å²) in [6.07, 6.45) is 1.86. The molecule has 0 aromatic heterocycles. The highest BCUT2D eigenvalue weighted by Gasteiger charge is 2.22. The Labute approximate surface area is 120 Å². The molecule has 1 atom stereocenters. The van der Waals surface area contributed by atoms with E-state index in [1.54, 1.807) is 0 Å². The molecule has 0 bridgehead atoms. The van der Waals surface area contributed by atoms with Gasteiger partial charge in [0.2, 0.25) is 5.91 Å². The summed E-state index contributed by atoms with van der Waals surface area (Å²) >= 11 is 0. The van der Waals surface area contributed by atoms with Crippen molar-refractivity contribution in [2.24, 2.45) is 0 Å². The second kappa shape index (κ2) is 11.0. The van der Waals surface area contributed by atoms with E-state index in [9.17, 15) is 14.4 Å². The lowest BCUT2D eigenvalue weighted by Gasteiger charge is -2.12. The van der Waals surface area contributed by atoms with Crippen molar-refractivity contribution in [1.82, 2.24) is 10.7 Å². The van der Waals surface area contributed by atoms with Crippen molar-refractivity contribution in [1.29, 1.82) is 0 Å². The predicted molar refractivity (Wildman–Crippen MR) is 66.3 cm³/mol. The average Bonchev–Trinajstić information content (AvgIpc) is 2.35. The summed E-state index contributed by atoms with van der Waals surface area (Å²) in [5.41, 5.74) is 0. The van der Waals surface area contributed by atoms with Gasteiger partial charge in [-0.2, -0.15) is 0 Å². The molecule has 1 unspecified atom stereocenters. The monoisotopic (exact) mass is 308 g/mol. The Balaban J connectivity index is 3.73. The van der Waals surface area contributed by atoms with Crippen LogP contribution < -0.4 is 5.32 Å². The van der Waals surface area contributed by atoms with E-state index in [4.69, 9.17) is 20.6 Å². The number of rotatable bonds is 12. The quantitative estimate of drug-likeness (QED) is 0.247. The minimum atomic E-state index is -1.43. The fraction of sp³-hybridized carbons (Fsp3) is 0.727. The first-order valence-corrected chi connectivity index (χ1v) is 6.37. The van der Waals surface area contributed by atoms with Gasteiger partial charge in [0.15, 0.2) is 0 Å². The maximum Gasteiger partial charge on any atom is 0.326 e. The van der Waals surface area contributed by atoms with E-state index in [0.29, 0.717) is 25.7 Å². The molecular weight excluding hydrogens is 288 g/mol. The molecule has 0 rings (SSSR count). The third-order valence-electron chi connectivity index (χ3n) is 2.52. The van der Waals surface area contributed by atoms with Crippen molar-refractivity contribution >= 4 is 17.8 Å². The van der Waals surface area contributed by atoms with Gasteiger partial charge in [0.05, 0.1) is 18.4 Å². The molecule has 0 radical (unpaired) electrons. The highest BCUT2D eigenvalue weighted by atomic mass is 17.1.